The zero-order chi connectivity index (χ0) is 25.0. The molecule has 0 bridgehead atoms. The smallest absolute Gasteiger partial charge is 0.144 e. The number of ether oxygens (including phenoxy) is 2. The van der Waals surface area contributed by atoms with E-state index in [9.17, 15) is 0 Å². The molecule has 6 heteroatoms. The van der Waals surface area contributed by atoms with Crippen LogP contribution in [-0.4, -0.2) is 71.0 Å². The molecule has 3 fully saturated rings. The van der Waals surface area contributed by atoms with E-state index in [4.69, 9.17) is 9.47 Å². The Labute approximate surface area is 227 Å². The van der Waals surface area contributed by atoms with E-state index < -0.39 is 0 Å². The van der Waals surface area contributed by atoms with Crippen LogP contribution < -0.4 is 14.5 Å². The average Bonchev–Trinajstić information content (AvgIpc) is 2.88. The third kappa shape index (κ3) is 6.82. The molecule has 1 saturated carbocycles. The van der Waals surface area contributed by atoms with Gasteiger partial charge in [0.1, 0.15) is 5.75 Å². The van der Waals surface area contributed by atoms with Gasteiger partial charge in [-0.3, -0.25) is 4.90 Å². The number of halogens is 1. The van der Waals surface area contributed by atoms with Crippen LogP contribution in [0.25, 0.3) is 0 Å². The summed E-state index contributed by atoms with van der Waals surface area (Å²) in [5.74, 6) is 2.53. The van der Waals surface area contributed by atoms with Crippen LogP contribution in [0.1, 0.15) is 84.1 Å². The number of methoxy groups -OCH3 is 2. The van der Waals surface area contributed by atoms with Crippen molar-refractivity contribution in [1.82, 2.24) is 4.90 Å². The maximum Gasteiger partial charge on any atom is 0.144 e. The van der Waals surface area contributed by atoms with Crippen molar-refractivity contribution in [1.29, 1.82) is 0 Å². The monoisotopic (exact) mass is 521 g/mol. The van der Waals surface area contributed by atoms with Crippen LogP contribution in [0.15, 0.2) is 12.1 Å². The highest BCUT2D eigenvalue weighted by molar-refractivity contribution is 5.85. The van der Waals surface area contributed by atoms with Crippen molar-refractivity contribution in [3.05, 3.63) is 17.7 Å². The molecule has 0 atom stereocenters. The summed E-state index contributed by atoms with van der Waals surface area (Å²) in [6.45, 7) is 17.4. The Hall–Kier alpha value is -1.17. The fraction of sp³-hybridized carbons (Fsp3) is 0.800. The summed E-state index contributed by atoms with van der Waals surface area (Å²) >= 11 is 0. The summed E-state index contributed by atoms with van der Waals surface area (Å²) in [4.78, 5) is 7.82. The number of hydrogen-bond acceptors (Lipinski definition) is 5. The SMILES string of the molecule is CCCN1CCN(c2cc(OC)c(N3CCC(OC)CC3)cc2C2CCC(C(C)(C)C)CC2)CC1.Cl. The van der Waals surface area contributed by atoms with Gasteiger partial charge >= 0.3 is 0 Å². The van der Waals surface area contributed by atoms with Crippen LogP contribution in [0.4, 0.5) is 11.4 Å². The lowest BCUT2D eigenvalue weighted by Gasteiger charge is -2.41. The maximum atomic E-state index is 6.04. The van der Waals surface area contributed by atoms with Crippen molar-refractivity contribution in [2.75, 3.05) is 69.8 Å². The molecule has 206 valence electrons. The first-order valence-corrected chi connectivity index (χ1v) is 14.3. The van der Waals surface area contributed by atoms with Crippen molar-refractivity contribution in [2.24, 2.45) is 11.3 Å². The molecular formula is C30H52ClN3O2. The van der Waals surface area contributed by atoms with Crippen LogP contribution >= 0.6 is 12.4 Å². The maximum absolute atomic E-state index is 6.04. The van der Waals surface area contributed by atoms with E-state index in [1.165, 1.54) is 63.1 Å². The predicted molar refractivity (Wildman–Crippen MR) is 156 cm³/mol. The first-order valence-electron chi connectivity index (χ1n) is 14.3. The lowest BCUT2D eigenvalue weighted by Crippen LogP contribution is -2.47. The van der Waals surface area contributed by atoms with Crippen molar-refractivity contribution < 1.29 is 9.47 Å². The molecule has 2 aliphatic heterocycles. The van der Waals surface area contributed by atoms with Crippen LogP contribution in [0.5, 0.6) is 5.75 Å². The molecule has 0 radical (unpaired) electrons. The van der Waals surface area contributed by atoms with Gasteiger partial charge in [0.05, 0.1) is 18.9 Å². The van der Waals surface area contributed by atoms with Crippen LogP contribution in [0.2, 0.25) is 0 Å². The quantitative estimate of drug-likeness (QED) is 0.404. The van der Waals surface area contributed by atoms with Gasteiger partial charge in [0.2, 0.25) is 0 Å². The van der Waals surface area contributed by atoms with E-state index in [2.05, 4.69) is 54.5 Å². The van der Waals surface area contributed by atoms with Crippen LogP contribution in [0.3, 0.4) is 0 Å². The van der Waals surface area contributed by atoms with E-state index in [0.717, 1.165) is 50.7 Å². The van der Waals surface area contributed by atoms with E-state index in [1.807, 2.05) is 14.2 Å². The summed E-state index contributed by atoms with van der Waals surface area (Å²) in [5, 5.41) is 0. The predicted octanol–water partition coefficient (Wildman–Crippen LogP) is 6.58. The molecule has 0 amide bonds. The molecule has 0 unspecified atom stereocenters. The molecule has 36 heavy (non-hydrogen) atoms. The molecular weight excluding hydrogens is 470 g/mol. The van der Waals surface area contributed by atoms with Crippen molar-refractivity contribution in [3.8, 4) is 5.75 Å². The molecule has 2 saturated heterocycles. The van der Waals surface area contributed by atoms with Gasteiger partial charge in [-0.15, -0.1) is 12.4 Å². The number of rotatable bonds is 7. The Kier molecular flexibility index (Phi) is 10.7. The number of benzene rings is 1. The zero-order valence-corrected chi connectivity index (χ0v) is 24.7. The molecule has 1 aromatic carbocycles. The van der Waals surface area contributed by atoms with Gasteiger partial charge in [-0.2, -0.15) is 0 Å². The Bertz CT molecular complexity index is 803. The summed E-state index contributed by atoms with van der Waals surface area (Å²) in [6.07, 6.45) is 9.12. The highest BCUT2D eigenvalue weighted by Crippen LogP contribution is 2.48. The van der Waals surface area contributed by atoms with E-state index in [-0.39, 0.29) is 12.4 Å². The second kappa shape index (κ2) is 13.1. The third-order valence-corrected chi connectivity index (χ3v) is 9.09. The van der Waals surface area contributed by atoms with Gasteiger partial charge in [-0.1, -0.05) is 27.7 Å². The zero-order valence-electron chi connectivity index (χ0n) is 23.9. The normalized spacial score (nSPS) is 24.5. The highest BCUT2D eigenvalue weighted by atomic mass is 35.5. The van der Waals surface area contributed by atoms with Crippen molar-refractivity contribution >= 4 is 23.8 Å². The standard InChI is InChI=1S/C30H51N3O2.ClH/c1-7-14-31-17-19-33(20-18-31)27-22-29(35-6)28(32-15-12-25(34-5)13-16-32)21-26(27)23-8-10-24(11-9-23)30(2,3)4;/h21-25H,7-20H2,1-6H3;1H. The molecule has 2 heterocycles. The largest absolute Gasteiger partial charge is 0.495 e. The molecule has 1 aromatic rings. The molecule has 5 nitrogen and oxygen atoms in total. The van der Waals surface area contributed by atoms with Crippen LogP contribution in [0, 0.1) is 11.3 Å². The van der Waals surface area contributed by atoms with E-state index in [0.29, 0.717) is 17.4 Å². The minimum absolute atomic E-state index is 0. The third-order valence-electron chi connectivity index (χ3n) is 9.09. The topological polar surface area (TPSA) is 28.2 Å². The second-order valence-corrected chi connectivity index (χ2v) is 12.2. The van der Waals surface area contributed by atoms with Gasteiger partial charge < -0.3 is 19.3 Å². The first kappa shape index (κ1) is 29.4. The van der Waals surface area contributed by atoms with Gasteiger partial charge in [0.15, 0.2) is 0 Å². The minimum atomic E-state index is 0. The second-order valence-electron chi connectivity index (χ2n) is 12.2. The van der Waals surface area contributed by atoms with Gasteiger partial charge in [-0.25, -0.2) is 0 Å². The number of hydrogen-bond donors (Lipinski definition) is 0. The molecule has 0 aromatic heterocycles. The number of piperazine rings is 1. The number of anilines is 2. The summed E-state index contributed by atoms with van der Waals surface area (Å²) in [6, 6.07) is 4.92. The van der Waals surface area contributed by atoms with E-state index >= 15 is 0 Å². The number of piperidine rings is 1. The summed E-state index contributed by atoms with van der Waals surface area (Å²) < 4.78 is 11.7. The number of nitrogens with zero attached hydrogens (tertiary/aromatic N) is 3. The van der Waals surface area contributed by atoms with Crippen LogP contribution in [-0.2, 0) is 4.74 Å². The molecule has 3 aliphatic rings. The van der Waals surface area contributed by atoms with Gasteiger partial charge in [-0.05, 0) is 80.4 Å². The Morgan fingerprint density at radius 3 is 1.94 bits per heavy atom. The van der Waals surface area contributed by atoms with Gasteiger partial charge in [0.25, 0.3) is 0 Å². The fourth-order valence-electron chi connectivity index (χ4n) is 6.72. The molecule has 1 aliphatic carbocycles. The minimum Gasteiger partial charge on any atom is -0.495 e. The molecule has 0 N–H and O–H groups in total. The fourth-order valence-corrected chi connectivity index (χ4v) is 6.72. The van der Waals surface area contributed by atoms with Crippen molar-refractivity contribution in [2.45, 2.75) is 84.7 Å². The average molecular weight is 522 g/mol. The molecule has 0 spiro atoms. The van der Waals surface area contributed by atoms with E-state index in [1.54, 1.807) is 5.56 Å². The Morgan fingerprint density at radius 2 is 1.42 bits per heavy atom. The molecule has 4 rings (SSSR count). The lowest BCUT2D eigenvalue weighted by molar-refractivity contribution is 0.0818. The summed E-state index contributed by atoms with van der Waals surface area (Å²) in [5.41, 5.74) is 4.72. The van der Waals surface area contributed by atoms with Crippen molar-refractivity contribution in [3.63, 3.8) is 0 Å². The Morgan fingerprint density at radius 1 is 0.806 bits per heavy atom. The Balaban J connectivity index is 0.00000361. The first-order chi connectivity index (χ1) is 16.8. The van der Waals surface area contributed by atoms with Gasteiger partial charge in [0, 0.05) is 58.1 Å². The lowest BCUT2D eigenvalue weighted by atomic mass is 9.68. The summed E-state index contributed by atoms with van der Waals surface area (Å²) in [7, 11) is 3.69. The highest BCUT2D eigenvalue weighted by Gasteiger charge is 2.33.